The van der Waals surface area contributed by atoms with Crippen LogP contribution in [0.4, 0.5) is 4.79 Å². The van der Waals surface area contributed by atoms with Crippen LogP contribution in [0.5, 0.6) is 0 Å². The lowest BCUT2D eigenvalue weighted by atomic mass is 10.1. The van der Waals surface area contributed by atoms with Gasteiger partial charge in [-0.2, -0.15) is 0 Å². The molecule has 1 aromatic carbocycles. The Morgan fingerprint density at radius 2 is 1.95 bits per heavy atom. The molecule has 0 amide bonds. The van der Waals surface area contributed by atoms with Crippen LogP contribution in [0.3, 0.4) is 0 Å². The molecule has 1 aromatic heterocycles. The highest BCUT2D eigenvalue weighted by Crippen LogP contribution is 2.43. The van der Waals surface area contributed by atoms with Gasteiger partial charge >= 0.3 is 6.09 Å². The Morgan fingerprint density at radius 3 is 2.58 bits per heavy atom. The maximum absolute atomic E-state index is 12.3. The third-order valence-electron chi connectivity index (χ3n) is 3.35. The summed E-state index contributed by atoms with van der Waals surface area (Å²) in [5.74, 6) is 0.619. The van der Waals surface area contributed by atoms with Gasteiger partial charge in [-0.15, -0.1) is 0 Å². The predicted molar refractivity (Wildman–Crippen MR) is 75.5 cm³/mol. The molecular weight excluding hydrogens is 238 g/mol. The Labute approximate surface area is 113 Å². The van der Waals surface area contributed by atoms with Gasteiger partial charge in [0.15, 0.2) is 0 Å². The second kappa shape index (κ2) is 4.12. The van der Waals surface area contributed by atoms with E-state index in [2.05, 4.69) is 6.07 Å². The van der Waals surface area contributed by atoms with Crippen molar-refractivity contribution in [2.45, 2.75) is 45.1 Å². The first-order valence-corrected chi connectivity index (χ1v) is 6.79. The molecule has 100 valence electrons. The number of rotatable bonds is 1. The topological polar surface area (TPSA) is 31.2 Å². The van der Waals surface area contributed by atoms with E-state index in [0.717, 1.165) is 5.52 Å². The molecule has 1 fully saturated rings. The summed E-state index contributed by atoms with van der Waals surface area (Å²) in [7, 11) is 0. The molecule has 1 aliphatic carbocycles. The maximum atomic E-state index is 12.3. The molecule has 0 N–H and O–H groups in total. The second-order valence-corrected chi connectivity index (χ2v) is 6.23. The van der Waals surface area contributed by atoms with Crippen molar-refractivity contribution in [1.82, 2.24) is 4.57 Å². The van der Waals surface area contributed by atoms with Crippen molar-refractivity contribution in [3.8, 4) is 0 Å². The molecule has 3 rings (SSSR count). The minimum absolute atomic E-state index is 0.296. The Hall–Kier alpha value is -1.77. The van der Waals surface area contributed by atoms with Gasteiger partial charge in [-0.05, 0) is 51.2 Å². The van der Waals surface area contributed by atoms with Gasteiger partial charge in [0, 0.05) is 11.6 Å². The fraction of sp³-hybridized carbons (Fsp3) is 0.438. The Morgan fingerprint density at radius 1 is 1.26 bits per heavy atom. The molecule has 0 bridgehead atoms. The van der Waals surface area contributed by atoms with Crippen LogP contribution in [-0.4, -0.2) is 16.3 Å². The van der Waals surface area contributed by atoms with Gasteiger partial charge in [0.1, 0.15) is 5.60 Å². The van der Waals surface area contributed by atoms with Crippen molar-refractivity contribution in [3.63, 3.8) is 0 Å². The van der Waals surface area contributed by atoms with E-state index in [4.69, 9.17) is 4.74 Å². The minimum atomic E-state index is -0.470. The summed E-state index contributed by atoms with van der Waals surface area (Å²) in [6.07, 6.45) is 4.11. The van der Waals surface area contributed by atoms with Gasteiger partial charge in [0.05, 0.1) is 5.52 Å². The van der Waals surface area contributed by atoms with E-state index in [1.165, 1.54) is 23.8 Å². The van der Waals surface area contributed by atoms with Crippen LogP contribution in [0, 0.1) is 0 Å². The number of ether oxygens (including phenoxy) is 1. The van der Waals surface area contributed by atoms with Crippen molar-refractivity contribution >= 4 is 17.0 Å². The highest BCUT2D eigenvalue weighted by molar-refractivity contribution is 5.92. The summed E-state index contributed by atoms with van der Waals surface area (Å²) in [5.41, 5.74) is 1.75. The molecule has 0 saturated heterocycles. The van der Waals surface area contributed by atoms with E-state index in [1.807, 2.05) is 45.2 Å². The van der Waals surface area contributed by atoms with Gasteiger partial charge in [-0.25, -0.2) is 4.79 Å². The molecule has 1 saturated carbocycles. The number of fused-ring (bicyclic) bond motifs is 1. The number of carbonyl (C=O) groups is 1. The molecule has 0 spiro atoms. The van der Waals surface area contributed by atoms with E-state index in [0.29, 0.717) is 5.92 Å². The smallest absolute Gasteiger partial charge is 0.419 e. The Bertz CT molecular complexity index is 630. The van der Waals surface area contributed by atoms with Crippen LogP contribution in [-0.2, 0) is 4.74 Å². The number of hydrogen-bond acceptors (Lipinski definition) is 2. The average molecular weight is 257 g/mol. The zero-order valence-corrected chi connectivity index (χ0v) is 11.6. The maximum Gasteiger partial charge on any atom is 0.419 e. The second-order valence-electron chi connectivity index (χ2n) is 6.23. The van der Waals surface area contributed by atoms with Crippen molar-refractivity contribution in [3.05, 3.63) is 36.0 Å². The Balaban J connectivity index is 2.06. The lowest BCUT2D eigenvalue weighted by Gasteiger charge is -2.19. The highest BCUT2D eigenvalue weighted by atomic mass is 16.6. The van der Waals surface area contributed by atoms with E-state index in [-0.39, 0.29) is 6.09 Å². The van der Waals surface area contributed by atoms with Crippen LogP contribution in [0.15, 0.2) is 30.5 Å². The van der Waals surface area contributed by atoms with E-state index < -0.39 is 5.60 Å². The largest absolute Gasteiger partial charge is 0.443 e. The lowest BCUT2D eigenvalue weighted by Crippen LogP contribution is -2.26. The van der Waals surface area contributed by atoms with Gasteiger partial charge in [-0.3, -0.25) is 4.57 Å². The average Bonchev–Trinajstić information content (AvgIpc) is 3.08. The minimum Gasteiger partial charge on any atom is -0.443 e. The zero-order valence-electron chi connectivity index (χ0n) is 11.6. The number of benzene rings is 1. The number of aromatic nitrogens is 1. The van der Waals surface area contributed by atoms with Crippen LogP contribution < -0.4 is 0 Å². The molecule has 0 unspecified atom stereocenters. The summed E-state index contributed by atoms with van der Waals surface area (Å²) >= 11 is 0. The van der Waals surface area contributed by atoms with Gasteiger partial charge in [0.2, 0.25) is 0 Å². The molecule has 0 aliphatic heterocycles. The normalized spacial score (nSPS) is 15.7. The fourth-order valence-corrected chi connectivity index (χ4v) is 2.39. The molecule has 0 radical (unpaired) electrons. The van der Waals surface area contributed by atoms with Gasteiger partial charge < -0.3 is 4.74 Å². The number of hydrogen-bond donors (Lipinski definition) is 0. The summed E-state index contributed by atoms with van der Waals surface area (Å²) < 4.78 is 7.12. The van der Waals surface area contributed by atoms with Crippen molar-refractivity contribution < 1.29 is 9.53 Å². The first-order valence-electron chi connectivity index (χ1n) is 6.79. The van der Waals surface area contributed by atoms with Crippen LogP contribution in [0.2, 0.25) is 0 Å². The van der Waals surface area contributed by atoms with Crippen LogP contribution in [0.25, 0.3) is 10.9 Å². The predicted octanol–water partition coefficient (Wildman–Crippen LogP) is 4.30. The quantitative estimate of drug-likeness (QED) is 0.762. The molecule has 1 aliphatic rings. The summed E-state index contributed by atoms with van der Waals surface area (Å²) in [6, 6.07) is 8.04. The van der Waals surface area contributed by atoms with E-state index in [1.54, 1.807) is 4.57 Å². The monoisotopic (exact) mass is 257 g/mol. The zero-order chi connectivity index (χ0) is 13.6. The van der Waals surface area contributed by atoms with Crippen molar-refractivity contribution in [2.24, 2.45) is 0 Å². The van der Waals surface area contributed by atoms with Crippen molar-refractivity contribution in [2.75, 3.05) is 0 Å². The van der Waals surface area contributed by atoms with E-state index in [9.17, 15) is 4.79 Å². The Kier molecular flexibility index (Phi) is 2.66. The number of nitrogens with zero attached hydrogens (tertiary/aromatic N) is 1. The highest BCUT2D eigenvalue weighted by Gasteiger charge is 2.29. The summed E-state index contributed by atoms with van der Waals surface area (Å²) in [4.78, 5) is 12.3. The molecule has 3 nitrogen and oxygen atoms in total. The summed E-state index contributed by atoms with van der Waals surface area (Å²) in [6.45, 7) is 5.66. The first-order chi connectivity index (χ1) is 8.96. The summed E-state index contributed by atoms with van der Waals surface area (Å²) in [5, 5.41) is 1.18. The number of para-hydroxylation sites is 1. The van der Waals surface area contributed by atoms with Gasteiger partial charge in [-0.1, -0.05) is 18.2 Å². The third kappa shape index (κ3) is 2.37. The lowest BCUT2D eigenvalue weighted by molar-refractivity contribution is 0.0544. The third-order valence-corrected chi connectivity index (χ3v) is 3.35. The molecule has 19 heavy (non-hydrogen) atoms. The van der Waals surface area contributed by atoms with Gasteiger partial charge in [0.25, 0.3) is 0 Å². The fourth-order valence-electron chi connectivity index (χ4n) is 2.39. The van der Waals surface area contributed by atoms with Crippen LogP contribution in [0.1, 0.15) is 45.1 Å². The standard InChI is InChI=1S/C16H19NO2/c1-16(2,3)19-15(18)17-10-13(11-8-9-11)12-6-4-5-7-14(12)17/h4-7,10-11H,8-9H2,1-3H3. The first kappa shape index (κ1) is 12.3. The van der Waals surface area contributed by atoms with E-state index >= 15 is 0 Å². The number of carbonyl (C=O) groups excluding carboxylic acids is 1. The molecule has 3 heteroatoms. The molecule has 2 aromatic rings. The molecule has 0 atom stereocenters. The van der Waals surface area contributed by atoms with Crippen LogP contribution >= 0.6 is 0 Å². The van der Waals surface area contributed by atoms with Crippen molar-refractivity contribution in [1.29, 1.82) is 0 Å². The SMILES string of the molecule is CC(C)(C)OC(=O)n1cc(C2CC2)c2ccccc21. The molecule has 1 heterocycles. The molecular formula is C16H19NO2.